The van der Waals surface area contributed by atoms with Crippen molar-refractivity contribution in [2.45, 2.75) is 32.2 Å². The molecule has 3 N–H and O–H groups in total. The second-order valence-corrected chi connectivity index (χ2v) is 6.34. The number of benzene rings is 2. The van der Waals surface area contributed by atoms with E-state index >= 15 is 0 Å². The van der Waals surface area contributed by atoms with Gasteiger partial charge in [0.1, 0.15) is 11.2 Å². The number of fused-ring (bicyclic) bond motifs is 3. The predicted octanol–water partition coefficient (Wildman–Crippen LogP) is 2.97. The summed E-state index contributed by atoms with van der Waals surface area (Å²) in [6.45, 7) is 5.87. The molecule has 2 aromatic carbocycles. The topological polar surface area (TPSA) is 73.8 Å². The fourth-order valence-corrected chi connectivity index (χ4v) is 2.88. The Morgan fingerprint density at radius 3 is 2.14 bits per heavy atom. The Morgan fingerprint density at radius 2 is 1.52 bits per heavy atom. The summed E-state index contributed by atoms with van der Waals surface area (Å²) in [6, 6.07) is 10.7. The van der Waals surface area contributed by atoms with Gasteiger partial charge in [0.05, 0.1) is 0 Å². The lowest BCUT2D eigenvalue weighted by Gasteiger charge is -2.27. The molecule has 4 nitrogen and oxygen atoms in total. The SMILES string of the molecule is CC(C)(C)c1c(C(O)(O)O)ccc2oc3ccccc3c12. The highest BCUT2D eigenvalue weighted by molar-refractivity contribution is 6.07. The monoisotopic (exact) mass is 286 g/mol. The second kappa shape index (κ2) is 4.31. The first-order valence-corrected chi connectivity index (χ1v) is 6.82. The zero-order valence-corrected chi connectivity index (χ0v) is 12.2. The van der Waals surface area contributed by atoms with Gasteiger partial charge in [0.2, 0.25) is 0 Å². The number of hydrogen-bond donors (Lipinski definition) is 3. The summed E-state index contributed by atoms with van der Waals surface area (Å²) in [5, 5.41) is 30.7. The first kappa shape index (κ1) is 14.1. The van der Waals surface area contributed by atoms with Crippen molar-refractivity contribution in [3.8, 4) is 0 Å². The third-order valence-electron chi connectivity index (χ3n) is 3.65. The summed E-state index contributed by atoms with van der Waals surface area (Å²) in [4.78, 5) is 0. The lowest BCUT2D eigenvalue weighted by Crippen LogP contribution is -2.29. The van der Waals surface area contributed by atoms with Gasteiger partial charge in [-0.3, -0.25) is 0 Å². The highest BCUT2D eigenvalue weighted by atomic mass is 16.7. The van der Waals surface area contributed by atoms with E-state index in [9.17, 15) is 15.3 Å². The number of rotatable bonds is 1. The smallest absolute Gasteiger partial charge is 0.304 e. The van der Waals surface area contributed by atoms with E-state index in [1.54, 1.807) is 6.07 Å². The van der Waals surface area contributed by atoms with Crippen molar-refractivity contribution in [2.24, 2.45) is 0 Å². The van der Waals surface area contributed by atoms with E-state index < -0.39 is 11.4 Å². The molecule has 1 heterocycles. The Kier molecular flexibility index (Phi) is 2.89. The van der Waals surface area contributed by atoms with Crippen LogP contribution in [0.5, 0.6) is 0 Å². The van der Waals surface area contributed by atoms with Crippen LogP contribution in [0.4, 0.5) is 0 Å². The largest absolute Gasteiger partial charge is 0.456 e. The molecular formula is C17H18O4. The Bertz CT molecular complexity index is 816. The van der Waals surface area contributed by atoms with Crippen LogP contribution in [0, 0.1) is 0 Å². The van der Waals surface area contributed by atoms with E-state index in [1.807, 2.05) is 45.0 Å². The van der Waals surface area contributed by atoms with Crippen LogP contribution in [-0.4, -0.2) is 15.3 Å². The van der Waals surface area contributed by atoms with Crippen LogP contribution in [-0.2, 0) is 11.4 Å². The van der Waals surface area contributed by atoms with Gasteiger partial charge in [-0.2, -0.15) is 0 Å². The van der Waals surface area contributed by atoms with Gasteiger partial charge in [-0.1, -0.05) is 39.0 Å². The quantitative estimate of drug-likeness (QED) is 0.601. The Labute approximate surface area is 122 Å². The van der Waals surface area contributed by atoms with E-state index in [1.165, 1.54) is 6.07 Å². The first-order chi connectivity index (χ1) is 9.69. The Hall–Kier alpha value is -1.88. The molecule has 0 saturated heterocycles. The minimum absolute atomic E-state index is 0.0778. The number of aliphatic hydroxyl groups is 3. The Morgan fingerprint density at radius 1 is 0.857 bits per heavy atom. The summed E-state index contributed by atoms with van der Waals surface area (Å²) in [6.07, 6.45) is 0. The molecule has 3 aromatic rings. The fraction of sp³-hybridized carbons (Fsp3) is 0.294. The minimum atomic E-state index is -2.88. The van der Waals surface area contributed by atoms with Gasteiger partial charge in [-0.25, -0.2) is 0 Å². The van der Waals surface area contributed by atoms with Gasteiger partial charge < -0.3 is 19.7 Å². The highest BCUT2D eigenvalue weighted by Gasteiger charge is 2.33. The van der Waals surface area contributed by atoms with E-state index in [-0.39, 0.29) is 5.56 Å². The standard InChI is InChI=1S/C17H18O4/c1-16(2,3)15-11(17(18,19)20)8-9-13-14(15)10-6-4-5-7-12(10)21-13/h4-9,18-20H,1-3H3. The molecule has 0 fully saturated rings. The van der Waals surface area contributed by atoms with Crippen molar-refractivity contribution in [1.29, 1.82) is 0 Å². The molecule has 0 atom stereocenters. The molecule has 21 heavy (non-hydrogen) atoms. The third-order valence-corrected chi connectivity index (χ3v) is 3.65. The van der Waals surface area contributed by atoms with Crippen LogP contribution in [0.2, 0.25) is 0 Å². The molecule has 0 radical (unpaired) electrons. The summed E-state index contributed by atoms with van der Waals surface area (Å²) >= 11 is 0. The Balaban J connectivity index is 2.55. The maximum atomic E-state index is 9.68. The van der Waals surface area contributed by atoms with Gasteiger partial charge in [0.15, 0.2) is 0 Å². The van der Waals surface area contributed by atoms with Crippen molar-refractivity contribution in [2.75, 3.05) is 0 Å². The molecule has 0 spiro atoms. The average molecular weight is 286 g/mol. The molecule has 3 rings (SSSR count). The molecule has 110 valence electrons. The normalized spacial score (nSPS) is 13.2. The lowest BCUT2D eigenvalue weighted by molar-refractivity contribution is -0.324. The molecule has 4 heteroatoms. The second-order valence-electron chi connectivity index (χ2n) is 6.34. The molecule has 1 aromatic heterocycles. The maximum absolute atomic E-state index is 9.68. The van der Waals surface area contributed by atoms with Crippen molar-refractivity contribution in [3.63, 3.8) is 0 Å². The van der Waals surface area contributed by atoms with Gasteiger partial charge in [0, 0.05) is 16.3 Å². The highest BCUT2D eigenvalue weighted by Crippen LogP contribution is 2.41. The van der Waals surface area contributed by atoms with E-state index in [4.69, 9.17) is 4.42 Å². The van der Waals surface area contributed by atoms with Crippen molar-refractivity contribution < 1.29 is 19.7 Å². The molecule has 0 aliphatic rings. The fourth-order valence-electron chi connectivity index (χ4n) is 2.88. The molecule has 0 saturated carbocycles. The number of para-hydroxylation sites is 1. The molecule has 0 unspecified atom stereocenters. The molecule has 0 aliphatic carbocycles. The molecular weight excluding hydrogens is 268 g/mol. The van der Waals surface area contributed by atoms with Crippen molar-refractivity contribution >= 4 is 21.9 Å². The van der Waals surface area contributed by atoms with Crippen LogP contribution in [0.25, 0.3) is 21.9 Å². The number of furan rings is 1. The van der Waals surface area contributed by atoms with Gasteiger partial charge >= 0.3 is 5.97 Å². The molecule has 0 bridgehead atoms. The number of hydrogen-bond acceptors (Lipinski definition) is 4. The van der Waals surface area contributed by atoms with Crippen LogP contribution < -0.4 is 0 Å². The first-order valence-electron chi connectivity index (χ1n) is 6.82. The summed E-state index contributed by atoms with van der Waals surface area (Å²) < 4.78 is 5.81. The summed E-state index contributed by atoms with van der Waals surface area (Å²) in [7, 11) is 0. The average Bonchev–Trinajstić information content (AvgIpc) is 2.73. The van der Waals surface area contributed by atoms with E-state index in [2.05, 4.69) is 0 Å². The zero-order valence-electron chi connectivity index (χ0n) is 12.2. The lowest BCUT2D eigenvalue weighted by atomic mass is 9.80. The molecule has 0 amide bonds. The predicted molar refractivity (Wildman–Crippen MR) is 80.8 cm³/mol. The third kappa shape index (κ3) is 2.21. The van der Waals surface area contributed by atoms with Gasteiger partial charge in [-0.05, 0) is 29.2 Å². The van der Waals surface area contributed by atoms with Crippen molar-refractivity contribution in [1.82, 2.24) is 0 Å². The van der Waals surface area contributed by atoms with Gasteiger partial charge in [0.25, 0.3) is 0 Å². The van der Waals surface area contributed by atoms with E-state index in [0.717, 1.165) is 16.4 Å². The maximum Gasteiger partial charge on any atom is 0.304 e. The van der Waals surface area contributed by atoms with E-state index in [0.29, 0.717) is 11.1 Å². The van der Waals surface area contributed by atoms with Crippen LogP contribution in [0.15, 0.2) is 40.8 Å². The van der Waals surface area contributed by atoms with Crippen LogP contribution in [0.1, 0.15) is 31.9 Å². The van der Waals surface area contributed by atoms with Crippen LogP contribution in [0.3, 0.4) is 0 Å². The van der Waals surface area contributed by atoms with Crippen LogP contribution >= 0.6 is 0 Å². The van der Waals surface area contributed by atoms with Crippen molar-refractivity contribution in [3.05, 3.63) is 47.5 Å². The molecule has 0 aliphatic heterocycles. The zero-order chi connectivity index (χ0) is 15.4. The summed E-state index contributed by atoms with van der Waals surface area (Å²) in [5.41, 5.74) is 1.73. The van der Waals surface area contributed by atoms with Gasteiger partial charge in [-0.15, -0.1) is 0 Å². The summed E-state index contributed by atoms with van der Waals surface area (Å²) in [5.74, 6) is -2.88. The minimum Gasteiger partial charge on any atom is -0.456 e.